The highest BCUT2D eigenvalue weighted by molar-refractivity contribution is 6.30. The lowest BCUT2D eigenvalue weighted by molar-refractivity contribution is 0.0526. The van der Waals surface area contributed by atoms with Crippen LogP contribution in [0.2, 0.25) is 5.02 Å². The molecule has 0 aliphatic carbocycles. The number of ether oxygens (including phenoxy) is 1. The number of carbonyl (C=O) groups is 2. The maximum Gasteiger partial charge on any atom is 0.417 e. The SMILES string of the molecule is O=C(OC(=O)N1CCCCC1)c1cc(F)cc(Cl)c1. The summed E-state index contributed by atoms with van der Waals surface area (Å²) in [4.78, 5) is 24.9. The van der Waals surface area contributed by atoms with Crippen molar-refractivity contribution in [1.29, 1.82) is 0 Å². The highest BCUT2D eigenvalue weighted by Crippen LogP contribution is 2.16. The van der Waals surface area contributed by atoms with Gasteiger partial charge in [0, 0.05) is 18.1 Å². The van der Waals surface area contributed by atoms with E-state index in [1.54, 1.807) is 0 Å². The molecule has 1 heterocycles. The summed E-state index contributed by atoms with van der Waals surface area (Å²) in [6.45, 7) is 1.16. The van der Waals surface area contributed by atoms with E-state index in [0.717, 1.165) is 31.4 Å². The van der Waals surface area contributed by atoms with Crippen molar-refractivity contribution >= 4 is 23.7 Å². The van der Waals surface area contributed by atoms with Crippen LogP contribution in [0.1, 0.15) is 29.6 Å². The van der Waals surface area contributed by atoms with Crippen LogP contribution < -0.4 is 0 Å². The van der Waals surface area contributed by atoms with Crippen LogP contribution in [0.15, 0.2) is 18.2 Å². The Balaban J connectivity index is 2.01. The summed E-state index contributed by atoms with van der Waals surface area (Å²) in [6, 6.07) is 3.32. The van der Waals surface area contributed by atoms with E-state index in [-0.39, 0.29) is 10.6 Å². The summed E-state index contributed by atoms with van der Waals surface area (Å²) >= 11 is 5.64. The van der Waals surface area contributed by atoms with Crippen LogP contribution in [0.4, 0.5) is 9.18 Å². The minimum Gasteiger partial charge on any atom is -0.372 e. The zero-order chi connectivity index (χ0) is 13.8. The fourth-order valence-electron chi connectivity index (χ4n) is 1.95. The summed E-state index contributed by atoms with van der Waals surface area (Å²) in [6.07, 6.45) is 2.17. The largest absolute Gasteiger partial charge is 0.417 e. The molecule has 1 aliphatic rings. The Morgan fingerprint density at radius 1 is 1.16 bits per heavy atom. The van der Waals surface area contributed by atoms with Gasteiger partial charge in [-0.2, -0.15) is 0 Å². The monoisotopic (exact) mass is 285 g/mol. The van der Waals surface area contributed by atoms with E-state index in [1.165, 1.54) is 11.0 Å². The first kappa shape index (κ1) is 13.8. The van der Waals surface area contributed by atoms with Crippen LogP contribution in [0.5, 0.6) is 0 Å². The molecular formula is C13H13ClFNO3. The van der Waals surface area contributed by atoms with Gasteiger partial charge in [0.25, 0.3) is 0 Å². The standard InChI is InChI=1S/C13H13ClFNO3/c14-10-6-9(7-11(15)8-10)12(17)19-13(18)16-4-2-1-3-5-16/h6-8H,1-5H2. The molecule has 102 valence electrons. The van der Waals surface area contributed by atoms with E-state index < -0.39 is 17.9 Å². The minimum absolute atomic E-state index is 0.0737. The van der Waals surface area contributed by atoms with Gasteiger partial charge in [-0.05, 0) is 37.5 Å². The van der Waals surface area contributed by atoms with Gasteiger partial charge in [0.2, 0.25) is 0 Å². The Kier molecular flexibility index (Phi) is 4.37. The second-order valence-electron chi connectivity index (χ2n) is 4.36. The summed E-state index contributed by atoms with van der Waals surface area (Å²) < 4.78 is 17.8. The molecule has 19 heavy (non-hydrogen) atoms. The van der Waals surface area contributed by atoms with Crippen molar-refractivity contribution in [3.63, 3.8) is 0 Å². The molecule has 0 spiro atoms. The Labute approximate surface area is 115 Å². The van der Waals surface area contributed by atoms with Crippen LogP contribution in [-0.2, 0) is 4.74 Å². The number of esters is 1. The molecule has 0 atom stereocenters. The first-order valence-electron chi connectivity index (χ1n) is 6.03. The molecule has 6 heteroatoms. The zero-order valence-electron chi connectivity index (χ0n) is 10.2. The van der Waals surface area contributed by atoms with E-state index in [1.807, 2.05) is 0 Å². The molecular weight excluding hydrogens is 273 g/mol. The molecule has 1 aromatic rings. The van der Waals surface area contributed by atoms with Gasteiger partial charge >= 0.3 is 12.1 Å². The Hall–Kier alpha value is -1.62. The summed E-state index contributed by atoms with van der Waals surface area (Å²) in [5.41, 5.74) is -0.0737. The highest BCUT2D eigenvalue weighted by atomic mass is 35.5. The van der Waals surface area contributed by atoms with Gasteiger partial charge in [-0.15, -0.1) is 0 Å². The lowest BCUT2D eigenvalue weighted by Crippen LogP contribution is -2.37. The predicted molar refractivity (Wildman–Crippen MR) is 67.6 cm³/mol. The normalized spacial score (nSPS) is 15.2. The number of hydrogen-bond acceptors (Lipinski definition) is 3. The third-order valence-corrected chi connectivity index (χ3v) is 3.11. The molecule has 1 fully saturated rings. The molecule has 1 aliphatic heterocycles. The molecule has 4 nitrogen and oxygen atoms in total. The molecule has 0 aromatic heterocycles. The van der Waals surface area contributed by atoms with Crippen molar-refractivity contribution in [2.45, 2.75) is 19.3 Å². The first-order valence-corrected chi connectivity index (χ1v) is 6.41. The molecule has 0 radical (unpaired) electrons. The Morgan fingerprint density at radius 3 is 2.47 bits per heavy atom. The van der Waals surface area contributed by atoms with E-state index in [4.69, 9.17) is 16.3 Å². The minimum atomic E-state index is -0.892. The number of rotatable bonds is 1. The van der Waals surface area contributed by atoms with Gasteiger partial charge in [0.15, 0.2) is 0 Å². The number of benzene rings is 1. The van der Waals surface area contributed by atoms with Crippen molar-refractivity contribution in [3.8, 4) is 0 Å². The highest BCUT2D eigenvalue weighted by Gasteiger charge is 2.21. The smallest absolute Gasteiger partial charge is 0.372 e. The van der Waals surface area contributed by atoms with E-state index in [9.17, 15) is 14.0 Å². The molecule has 0 saturated carbocycles. The van der Waals surface area contributed by atoms with Gasteiger partial charge in [-0.1, -0.05) is 11.6 Å². The van der Waals surface area contributed by atoms with E-state index >= 15 is 0 Å². The molecule has 1 saturated heterocycles. The van der Waals surface area contributed by atoms with Crippen LogP contribution in [0, 0.1) is 5.82 Å². The lowest BCUT2D eigenvalue weighted by atomic mass is 10.1. The Morgan fingerprint density at radius 2 is 1.84 bits per heavy atom. The van der Waals surface area contributed by atoms with Crippen LogP contribution >= 0.6 is 11.6 Å². The number of carbonyl (C=O) groups excluding carboxylic acids is 2. The summed E-state index contributed by atoms with van der Waals surface area (Å²) in [5, 5.41) is 0.0809. The topological polar surface area (TPSA) is 46.6 Å². The van der Waals surface area contributed by atoms with Crippen molar-refractivity contribution in [2.24, 2.45) is 0 Å². The van der Waals surface area contributed by atoms with E-state index in [2.05, 4.69) is 0 Å². The molecule has 1 aromatic carbocycles. The number of amides is 1. The second kappa shape index (κ2) is 6.02. The van der Waals surface area contributed by atoms with Crippen molar-refractivity contribution < 1.29 is 18.7 Å². The zero-order valence-corrected chi connectivity index (χ0v) is 11.0. The van der Waals surface area contributed by atoms with Gasteiger partial charge in [-0.25, -0.2) is 14.0 Å². The number of halogens is 2. The van der Waals surface area contributed by atoms with Crippen molar-refractivity contribution in [2.75, 3.05) is 13.1 Å². The third-order valence-electron chi connectivity index (χ3n) is 2.89. The quantitative estimate of drug-likeness (QED) is 0.588. The molecule has 2 rings (SSSR count). The first-order chi connectivity index (χ1) is 9.06. The molecule has 1 amide bonds. The summed E-state index contributed by atoms with van der Waals surface area (Å²) in [5.74, 6) is -1.54. The number of piperidine rings is 1. The fraction of sp³-hybridized carbons (Fsp3) is 0.385. The lowest BCUT2D eigenvalue weighted by Gasteiger charge is -2.25. The van der Waals surface area contributed by atoms with Gasteiger partial charge in [0.1, 0.15) is 5.82 Å². The van der Waals surface area contributed by atoms with Gasteiger partial charge in [-0.3, -0.25) is 0 Å². The predicted octanol–water partition coefficient (Wildman–Crippen LogP) is 3.24. The van der Waals surface area contributed by atoms with Gasteiger partial charge in [0.05, 0.1) is 5.56 Å². The molecule has 0 unspecified atom stereocenters. The molecule has 0 N–H and O–H groups in total. The van der Waals surface area contributed by atoms with Crippen LogP contribution in [0.3, 0.4) is 0 Å². The average Bonchev–Trinajstić information content (AvgIpc) is 2.38. The average molecular weight is 286 g/mol. The fourth-order valence-corrected chi connectivity index (χ4v) is 2.17. The van der Waals surface area contributed by atoms with E-state index in [0.29, 0.717) is 13.1 Å². The maximum atomic E-state index is 13.1. The molecule has 0 bridgehead atoms. The number of likely N-dealkylation sites (tertiary alicyclic amines) is 1. The second-order valence-corrected chi connectivity index (χ2v) is 4.80. The van der Waals surface area contributed by atoms with Crippen molar-refractivity contribution in [3.05, 3.63) is 34.6 Å². The van der Waals surface area contributed by atoms with Gasteiger partial charge < -0.3 is 9.64 Å². The maximum absolute atomic E-state index is 13.1. The number of hydrogen-bond donors (Lipinski definition) is 0. The number of nitrogens with zero attached hydrogens (tertiary/aromatic N) is 1. The van der Waals surface area contributed by atoms with Crippen LogP contribution in [-0.4, -0.2) is 30.1 Å². The van der Waals surface area contributed by atoms with Crippen LogP contribution in [0.25, 0.3) is 0 Å². The summed E-state index contributed by atoms with van der Waals surface area (Å²) in [7, 11) is 0. The Bertz CT molecular complexity index is 480. The van der Waals surface area contributed by atoms with Crippen molar-refractivity contribution in [1.82, 2.24) is 4.90 Å². The third kappa shape index (κ3) is 3.67.